The quantitative estimate of drug-likeness (QED) is 0.412. The van der Waals surface area contributed by atoms with E-state index in [1.807, 2.05) is 6.92 Å². The minimum atomic E-state index is -0.382. The molecule has 0 N–H and O–H groups in total. The van der Waals surface area contributed by atoms with Gasteiger partial charge in [0, 0.05) is 18.8 Å². The number of benzene rings is 1. The van der Waals surface area contributed by atoms with Gasteiger partial charge in [-0.2, -0.15) is 5.10 Å². The molecule has 0 fully saturated rings. The highest BCUT2D eigenvalue weighted by Gasteiger charge is 2.18. The van der Waals surface area contributed by atoms with Gasteiger partial charge in [0.25, 0.3) is 0 Å². The molecule has 158 valence electrons. The zero-order valence-electron chi connectivity index (χ0n) is 16.9. The second kappa shape index (κ2) is 8.68. The van der Waals surface area contributed by atoms with Gasteiger partial charge in [0.05, 0.1) is 28.5 Å². The maximum Gasteiger partial charge on any atom is 0.352 e. The van der Waals surface area contributed by atoms with Crippen LogP contribution in [0.3, 0.4) is 0 Å². The minimum Gasteiger partial charge on any atom is -0.293 e. The van der Waals surface area contributed by atoms with E-state index in [2.05, 4.69) is 20.1 Å². The normalized spacial score (nSPS) is 11.1. The molecule has 8 nitrogen and oxygen atoms in total. The average molecular weight is 438 g/mol. The molecule has 4 aromatic rings. The number of aryl methyl sites for hydroxylation is 3. The van der Waals surface area contributed by atoms with Crippen LogP contribution >= 0.6 is 11.3 Å². The molecule has 0 spiro atoms. The molecule has 0 unspecified atom stereocenters. The Labute approximate surface area is 181 Å². The molecule has 0 bridgehead atoms. The maximum atomic E-state index is 13.1. The van der Waals surface area contributed by atoms with Gasteiger partial charge in [-0.1, -0.05) is 23.5 Å². The van der Waals surface area contributed by atoms with Gasteiger partial charge in [0.2, 0.25) is 0 Å². The van der Waals surface area contributed by atoms with Crippen molar-refractivity contribution in [2.75, 3.05) is 0 Å². The standard InChI is InChI=1S/C21H19FN6O2S/c1-13-9-24-17(10-23-13)7-8-18(29)19-14(2)26-20(31-19)27-12-25-28(21(27)30)11-15-3-5-16(22)6-4-15/h3-6,9-10,12H,7-8,11H2,1-2H3. The molecule has 4 rings (SSSR count). The Kier molecular flexibility index (Phi) is 5.81. The van der Waals surface area contributed by atoms with E-state index in [1.54, 1.807) is 31.5 Å². The Balaban J connectivity index is 1.50. The first-order valence-corrected chi connectivity index (χ1v) is 10.4. The van der Waals surface area contributed by atoms with Crippen molar-refractivity contribution in [3.63, 3.8) is 0 Å². The van der Waals surface area contributed by atoms with Crippen LogP contribution in [0.15, 0.2) is 47.8 Å². The summed E-state index contributed by atoms with van der Waals surface area (Å²) < 4.78 is 15.6. The van der Waals surface area contributed by atoms with Crippen LogP contribution < -0.4 is 5.69 Å². The molecule has 3 heterocycles. The van der Waals surface area contributed by atoms with Crippen molar-refractivity contribution in [2.24, 2.45) is 0 Å². The van der Waals surface area contributed by atoms with Gasteiger partial charge in [0.1, 0.15) is 12.1 Å². The van der Waals surface area contributed by atoms with E-state index < -0.39 is 0 Å². The highest BCUT2D eigenvalue weighted by Crippen LogP contribution is 2.22. The van der Waals surface area contributed by atoms with Crippen LogP contribution in [0.2, 0.25) is 0 Å². The largest absolute Gasteiger partial charge is 0.352 e. The van der Waals surface area contributed by atoms with E-state index in [4.69, 9.17) is 0 Å². The summed E-state index contributed by atoms with van der Waals surface area (Å²) >= 11 is 1.16. The van der Waals surface area contributed by atoms with E-state index in [1.165, 1.54) is 27.7 Å². The molecule has 3 aromatic heterocycles. The van der Waals surface area contributed by atoms with Gasteiger partial charge in [-0.3, -0.25) is 14.8 Å². The fraction of sp³-hybridized carbons (Fsp3) is 0.238. The van der Waals surface area contributed by atoms with Crippen LogP contribution in [0, 0.1) is 19.7 Å². The Morgan fingerprint density at radius 2 is 1.90 bits per heavy atom. The lowest BCUT2D eigenvalue weighted by atomic mass is 10.1. The van der Waals surface area contributed by atoms with Crippen molar-refractivity contribution < 1.29 is 9.18 Å². The predicted octanol–water partition coefficient (Wildman–Crippen LogP) is 2.90. The number of halogens is 1. The Hall–Kier alpha value is -3.53. The molecule has 1 aromatic carbocycles. The van der Waals surface area contributed by atoms with Gasteiger partial charge < -0.3 is 0 Å². The van der Waals surface area contributed by atoms with E-state index >= 15 is 0 Å². The van der Waals surface area contributed by atoms with Gasteiger partial charge >= 0.3 is 5.69 Å². The van der Waals surface area contributed by atoms with Crippen molar-refractivity contribution in [1.29, 1.82) is 0 Å². The lowest BCUT2D eigenvalue weighted by Gasteiger charge is -2.00. The SMILES string of the molecule is Cc1cnc(CCC(=O)c2sc(-n3cnn(Cc4ccc(F)cc4)c3=O)nc2C)cn1. The van der Waals surface area contributed by atoms with Crippen LogP contribution in [0.1, 0.15) is 38.7 Å². The summed E-state index contributed by atoms with van der Waals surface area (Å²) in [4.78, 5) is 38.8. The second-order valence-electron chi connectivity index (χ2n) is 7.05. The topological polar surface area (TPSA) is 95.6 Å². The zero-order valence-corrected chi connectivity index (χ0v) is 17.8. The van der Waals surface area contributed by atoms with E-state index in [0.29, 0.717) is 22.1 Å². The Morgan fingerprint density at radius 3 is 2.61 bits per heavy atom. The highest BCUT2D eigenvalue weighted by atomic mass is 32.1. The number of aromatic nitrogens is 6. The maximum absolute atomic E-state index is 13.1. The van der Waals surface area contributed by atoms with Crippen LogP contribution in [-0.2, 0) is 13.0 Å². The molecule has 0 aliphatic rings. The third kappa shape index (κ3) is 4.64. The first-order chi connectivity index (χ1) is 14.9. The Bertz CT molecular complexity index is 1270. The fourth-order valence-corrected chi connectivity index (χ4v) is 3.98. The number of rotatable bonds is 7. The second-order valence-corrected chi connectivity index (χ2v) is 8.03. The Morgan fingerprint density at radius 1 is 1.13 bits per heavy atom. The van der Waals surface area contributed by atoms with Crippen molar-refractivity contribution in [3.8, 4) is 5.13 Å². The number of Topliss-reactive ketones (excluding diaryl/α,β-unsaturated/α-hetero) is 1. The molecule has 0 radical (unpaired) electrons. The number of carbonyl (C=O) groups excluding carboxylic acids is 1. The van der Waals surface area contributed by atoms with Crippen LogP contribution in [0.4, 0.5) is 4.39 Å². The molecular formula is C21H19FN6O2S. The van der Waals surface area contributed by atoms with E-state index in [0.717, 1.165) is 28.3 Å². The van der Waals surface area contributed by atoms with E-state index in [9.17, 15) is 14.0 Å². The molecule has 31 heavy (non-hydrogen) atoms. The van der Waals surface area contributed by atoms with Crippen LogP contribution in [0.25, 0.3) is 5.13 Å². The number of carbonyl (C=O) groups is 1. The lowest BCUT2D eigenvalue weighted by Crippen LogP contribution is -2.24. The summed E-state index contributed by atoms with van der Waals surface area (Å²) in [7, 11) is 0. The first-order valence-electron chi connectivity index (χ1n) is 9.58. The number of thiazole rings is 1. The van der Waals surface area contributed by atoms with E-state index in [-0.39, 0.29) is 30.3 Å². The monoisotopic (exact) mass is 438 g/mol. The average Bonchev–Trinajstić information content (AvgIpc) is 3.31. The summed E-state index contributed by atoms with van der Waals surface area (Å²) in [5.74, 6) is -0.401. The third-order valence-corrected chi connectivity index (χ3v) is 5.86. The molecule has 10 heteroatoms. The van der Waals surface area contributed by atoms with Gasteiger partial charge in [-0.15, -0.1) is 0 Å². The fourth-order valence-electron chi connectivity index (χ4n) is 2.99. The molecule has 0 atom stereocenters. The molecule has 0 aliphatic heterocycles. The molecule has 0 saturated carbocycles. The summed E-state index contributed by atoms with van der Waals surface area (Å²) in [5, 5.41) is 4.50. The molecule has 0 amide bonds. The van der Waals surface area contributed by atoms with Crippen molar-refractivity contribution in [3.05, 3.63) is 86.8 Å². The van der Waals surface area contributed by atoms with Crippen molar-refractivity contribution in [2.45, 2.75) is 33.2 Å². The first kappa shape index (κ1) is 20.7. The molecule has 0 aliphatic carbocycles. The predicted molar refractivity (Wildman–Crippen MR) is 113 cm³/mol. The molecule has 0 saturated heterocycles. The van der Waals surface area contributed by atoms with Crippen molar-refractivity contribution >= 4 is 17.1 Å². The van der Waals surface area contributed by atoms with Crippen LogP contribution in [0.5, 0.6) is 0 Å². The zero-order chi connectivity index (χ0) is 22.0. The van der Waals surface area contributed by atoms with Crippen molar-refractivity contribution in [1.82, 2.24) is 29.3 Å². The number of ketones is 1. The minimum absolute atomic E-state index is 0.0598. The van der Waals surface area contributed by atoms with Crippen LogP contribution in [-0.4, -0.2) is 35.1 Å². The summed E-state index contributed by atoms with van der Waals surface area (Å²) in [6, 6.07) is 5.87. The summed E-state index contributed by atoms with van der Waals surface area (Å²) in [5.41, 5.74) is 2.51. The van der Waals surface area contributed by atoms with Gasteiger partial charge in [0.15, 0.2) is 10.9 Å². The molecular weight excluding hydrogens is 419 g/mol. The number of nitrogens with zero attached hydrogens (tertiary/aromatic N) is 6. The number of hydrogen-bond donors (Lipinski definition) is 0. The third-order valence-electron chi connectivity index (χ3n) is 4.67. The summed E-state index contributed by atoms with van der Waals surface area (Å²) in [6.07, 6.45) is 5.47. The number of hydrogen-bond acceptors (Lipinski definition) is 7. The van der Waals surface area contributed by atoms with Gasteiger partial charge in [-0.25, -0.2) is 23.4 Å². The smallest absolute Gasteiger partial charge is 0.293 e. The van der Waals surface area contributed by atoms with Gasteiger partial charge in [-0.05, 0) is 38.0 Å². The summed E-state index contributed by atoms with van der Waals surface area (Å²) in [6.45, 7) is 3.81. The highest BCUT2D eigenvalue weighted by molar-refractivity contribution is 7.16. The lowest BCUT2D eigenvalue weighted by molar-refractivity contribution is 0.0985.